The Morgan fingerprint density at radius 3 is 2.24 bits per heavy atom. The lowest BCUT2D eigenvalue weighted by Crippen LogP contribution is -2.35. The topological polar surface area (TPSA) is 54.3 Å². The second kappa shape index (κ2) is 9.41. The van der Waals surface area contributed by atoms with Gasteiger partial charge in [0, 0.05) is 29.1 Å². The number of benzene rings is 2. The van der Waals surface area contributed by atoms with E-state index in [4.69, 9.17) is 4.74 Å². The van der Waals surface area contributed by atoms with Gasteiger partial charge in [-0.1, -0.05) is 60.7 Å². The molecule has 0 aliphatic carbocycles. The molecule has 0 bridgehead atoms. The van der Waals surface area contributed by atoms with Crippen molar-refractivity contribution in [2.75, 3.05) is 31.2 Å². The number of rotatable bonds is 6. The van der Waals surface area contributed by atoms with Crippen molar-refractivity contribution >= 4 is 34.0 Å². The van der Waals surface area contributed by atoms with Gasteiger partial charge < -0.3 is 9.64 Å². The molecule has 29 heavy (non-hydrogen) atoms. The molecule has 0 spiro atoms. The maximum absolute atomic E-state index is 13.0. The fourth-order valence-electron chi connectivity index (χ4n) is 3.07. The number of thiophene rings is 1. The van der Waals surface area contributed by atoms with Crippen molar-refractivity contribution < 1.29 is 9.53 Å². The van der Waals surface area contributed by atoms with Crippen LogP contribution in [0, 0.1) is 0 Å². The molecule has 0 unspecified atom stereocenters. The minimum Gasteiger partial charge on any atom is -0.378 e. The Hall–Kier alpha value is -3.09. The van der Waals surface area contributed by atoms with Crippen molar-refractivity contribution in [3.8, 4) is 0 Å². The van der Waals surface area contributed by atoms with E-state index < -0.39 is 0 Å². The smallest absolute Gasteiger partial charge is 0.213 e. The third-order valence-corrected chi connectivity index (χ3v) is 5.66. The van der Waals surface area contributed by atoms with Crippen molar-refractivity contribution in [2.24, 2.45) is 10.2 Å². The van der Waals surface area contributed by atoms with E-state index in [1.54, 1.807) is 29.7 Å². The van der Waals surface area contributed by atoms with E-state index in [2.05, 4.69) is 21.2 Å². The highest BCUT2D eigenvalue weighted by atomic mass is 32.1. The Morgan fingerprint density at radius 1 is 0.897 bits per heavy atom. The van der Waals surface area contributed by atoms with Crippen molar-refractivity contribution in [3.05, 3.63) is 88.8 Å². The Morgan fingerprint density at radius 2 is 1.55 bits per heavy atom. The summed E-state index contributed by atoms with van der Waals surface area (Å²) in [5.41, 5.74) is 1.67. The SMILES string of the molecule is O=C(/C(=N\N=C/c1ccc(N2CCOCC2)s1)c1ccccc1)c1ccccc1. The van der Waals surface area contributed by atoms with Crippen LogP contribution in [0.4, 0.5) is 5.00 Å². The van der Waals surface area contributed by atoms with Crippen molar-refractivity contribution in [1.29, 1.82) is 0 Å². The summed E-state index contributed by atoms with van der Waals surface area (Å²) in [5, 5.41) is 9.73. The lowest BCUT2D eigenvalue weighted by Gasteiger charge is -2.27. The first kappa shape index (κ1) is 19.2. The predicted octanol–water partition coefficient (Wildman–Crippen LogP) is 4.29. The van der Waals surface area contributed by atoms with Gasteiger partial charge in [0.25, 0.3) is 0 Å². The Labute approximate surface area is 174 Å². The molecule has 0 N–H and O–H groups in total. The highest BCUT2D eigenvalue weighted by molar-refractivity contribution is 7.17. The molecule has 0 amide bonds. The maximum atomic E-state index is 13.0. The summed E-state index contributed by atoms with van der Waals surface area (Å²) >= 11 is 1.66. The lowest BCUT2D eigenvalue weighted by molar-refractivity contribution is 0.106. The van der Waals surface area contributed by atoms with Crippen molar-refractivity contribution in [1.82, 2.24) is 0 Å². The highest BCUT2D eigenvalue weighted by Crippen LogP contribution is 2.25. The van der Waals surface area contributed by atoms with Gasteiger partial charge in [0.05, 0.1) is 24.4 Å². The number of hydrogen-bond donors (Lipinski definition) is 0. The maximum Gasteiger partial charge on any atom is 0.213 e. The van der Waals surface area contributed by atoms with E-state index in [9.17, 15) is 4.79 Å². The predicted molar refractivity (Wildman–Crippen MR) is 119 cm³/mol. The van der Waals surface area contributed by atoms with E-state index in [0.29, 0.717) is 11.3 Å². The number of hydrogen-bond acceptors (Lipinski definition) is 6. The van der Waals surface area contributed by atoms with Gasteiger partial charge >= 0.3 is 0 Å². The third-order valence-electron chi connectivity index (χ3n) is 4.58. The average Bonchev–Trinajstić information content (AvgIpc) is 3.27. The molecule has 2 aromatic carbocycles. The molecule has 4 rings (SSSR count). The number of Topliss-reactive ketones (excluding diaryl/α,β-unsaturated/α-hetero) is 1. The second-order valence-corrected chi connectivity index (χ2v) is 7.62. The van der Waals surface area contributed by atoms with E-state index >= 15 is 0 Å². The molecule has 1 saturated heterocycles. The minimum absolute atomic E-state index is 0.144. The fourth-order valence-corrected chi connectivity index (χ4v) is 3.99. The van der Waals surface area contributed by atoms with Gasteiger partial charge in [-0.05, 0) is 12.1 Å². The number of ketones is 1. The zero-order valence-corrected chi connectivity index (χ0v) is 16.7. The van der Waals surface area contributed by atoms with Gasteiger partial charge in [-0.2, -0.15) is 5.10 Å². The molecule has 1 aliphatic heterocycles. The molecule has 146 valence electrons. The summed E-state index contributed by atoms with van der Waals surface area (Å²) in [6, 6.07) is 22.7. The van der Waals surface area contributed by atoms with Crippen LogP contribution in [0.5, 0.6) is 0 Å². The van der Waals surface area contributed by atoms with E-state index in [1.165, 1.54) is 5.00 Å². The molecular weight excluding hydrogens is 382 g/mol. The zero-order valence-electron chi connectivity index (χ0n) is 15.9. The number of ether oxygens (including phenoxy) is 1. The van der Waals surface area contributed by atoms with Gasteiger partial charge in [0.1, 0.15) is 5.71 Å². The first-order chi connectivity index (χ1) is 14.3. The second-order valence-electron chi connectivity index (χ2n) is 6.53. The monoisotopic (exact) mass is 403 g/mol. The van der Waals surface area contributed by atoms with Crippen LogP contribution < -0.4 is 4.90 Å². The summed E-state index contributed by atoms with van der Waals surface area (Å²) in [6.07, 6.45) is 1.70. The van der Waals surface area contributed by atoms with Crippen molar-refractivity contribution in [3.63, 3.8) is 0 Å². The van der Waals surface area contributed by atoms with Gasteiger partial charge in [0.15, 0.2) is 0 Å². The van der Waals surface area contributed by atoms with E-state index in [1.807, 2.05) is 54.6 Å². The summed E-state index contributed by atoms with van der Waals surface area (Å²) in [7, 11) is 0. The largest absolute Gasteiger partial charge is 0.378 e. The highest BCUT2D eigenvalue weighted by Gasteiger charge is 2.16. The summed E-state index contributed by atoms with van der Waals surface area (Å²) in [5.74, 6) is -0.144. The molecule has 5 nitrogen and oxygen atoms in total. The lowest BCUT2D eigenvalue weighted by atomic mass is 10.0. The molecule has 0 radical (unpaired) electrons. The number of anilines is 1. The van der Waals surface area contributed by atoms with Gasteiger partial charge in [-0.25, -0.2) is 0 Å². The van der Waals surface area contributed by atoms with E-state index in [-0.39, 0.29) is 5.78 Å². The third kappa shape index (κ3) is 4.85. The van der Waals surface area contributed by atoms with Gasteiger partial charge in [-0.3, -0.25) is 4.79 Å². The molecule has 1 aliphatic rings. The van der Waals surface area contributed by atoms with Gasteiger partial charge in [0.2, 0.25) is 5.78 Å². The quantitative estimate of drug-likeness (QED) is 0.350. The summed E-state index contributed by atoms with van der Waals surface area (Å²) in [6.45, 7) is 3.32. The van der Waals surface area contributed by atoms with Crippen LogP contribution in [-0.4, -0.2) is 44.0 Å². The normalized spacial score (nSPS) is 15.0. The van der Waals surface area contributed by atoms with Crippen LogP contribution >= 0.6 is 11.3 Å². The van der Waals surface area contributed by atoms with Crippen LogP contribution in [0.2, 0.25) is 0 Å². The standard InChI is InChI=1S/C23H21N3O2S/c27-23(19-9-5-2-6-10-19)22(18-7-3-1-4-8-18)25-24-17-20-11-12-21(29-20)26-13-15-28-16-14-26/h1-12,17H,13-16H2/b24-17-,25-22-. The van der Waals surface area contributed by atoms with Crippen LogP contribution in [0.25, 0.3) is 0 Å². The zero-order chi connectivity index (χ0) is 19.9. The molecule has 0 atom stereocenters. The van der Waals surface area contributed by atoms with Crippen LogP contribution in [-0.2, 0) is 4.74 Å². The van der Waals surface area contributed by atoms with Crippen LogP contribution in [0.1, 0.15) is 20.8 Å². The first-order valence-electron chi connectivity index (χ1n) is 9.50. The minimum atomic E-state index is -0.144. The molecule has 3 aromatic rings. The molecule has 1 aromatic heterocycles. The van der Waals surface area contributed by atoms with E-state index in [0.717, 1.165) is 36.7 Å². The Bertz CT molecular complexity index is 1010. The number of carbonyl (C=O) groups is 1. The fraction of sp³-hybridized carbons (Fsp3) is 0.174. The summed E-state index contributed by atoms with van der Waals surface area (Å²) in [4.78, 5) is 16.3. The first-order valence-corrected chi connectivity index (χ1v) is 10.3. The van der Waals surface area contributed by atoms with Crippen LogP contribution in [0.3, 0.4) is 0 Å². The molecule has 0 saturated carbocycles. The number of carbonyl (C=O) groups excluding carboxylic acids is 1. The summed E-state index contributed by atoms with van der Waals surface area (Å²) < 4.78 is 5.41. The molecular formula is C23H21N3O2S. The molecule has 1 fully saturated rings. The van der Waals surface area contributed by atoms with Gasteiger partial charge in [-0.15, -0.1) is 16.4 Å². The number of morpholine rings is 1. The van der Waals surface area contributed by atoms with Crippen molar-refractivity contribution in [2.45, 2.75) is 0 Å². The van der Waals surface area contributed by atoms with Crippen LogP contribution in [0.15, 0.2) is 83.0 Å². The number of nitrogens with zero attached hydrogens (tertiary/aromatic N) is 3. The Kier molecular flexibility index (Phi) is 6.24. The Balaban J connectivity index is 1.56. The molecule has 2 heterocycles. The molecule has 6 heteroatoms. The average molecular weight is 404 g/mol.